The smallest absolute Gasteiger partial charge is 0.244 e. The summed E-state index contributed by atoms with van der Waals surface area (Å²) in [7, 11) is 3.33. The number of hydrogen-bond acceptors (Lipinski definition) is 2. The largest absolute Gasteiger partial charge is 0.383 e. The number of hydrogen-bond donors (Lipinski definition) is 0. The number of benzene rings is 1. The molecular formula is C12H16ClNO2. The van der Waals surface area contributed by atoms with Crippen LogP contribution in [0.4, 0.5) is 0 Å². The van der Waals surface area contributed by atoms with E-state index in [1.807, 2.05) is 30.3 Å². The van der Waals surface area contributed by atoms with E-state index in [1.165, 1.54) is 0 Å². The van der Waals surface area contributed by atoms with E-state index in [0.29, 0.717) is 13.2 Å². The fourth-order valence-corrected chi connectivity index (χ4v) is 1.61. The van der Waals surface area contributed by atoms with Gasteiger partial charge in [-0.1, -0.05) is 30.3 Å². The number of methoxy groups -OCH3 is 1. The van der Waals surface area contributed by atoms with Crippen LogP contribution in [0.15, 0.2) is 30.3 Å². The minimum atomic E-state index is -0.622. The molecule has 16 heavy (non-hydrogen) atoms. The Balaban J connectivity index is 2.60. The summed E-state index contributed by atoms with van der Waals surface area (Å²) in [5.74, 6) is -0.107. The molecule has 0 spiro atoms. The molecule has 0 aliphatic rings. The van der Waals surface area contributed by atoms with E-state index in [0.717, 1.165) is 5.56 Å². The Hall–Kier alpha value is -1.06. The van der Waals surface area contributed by atoms with Crippen molar-refractivity contribution < 1.29 is 9.53 Å². The van der Waals surface area contributed by atoms with Crippen LogP contribution in [0, 0.1) is 0 Å². The summed E-state index contributed by atoms with van der Waals surface area (Å²) < 4.78 is 4.91. The van der Waals surface area contributed by atoms with Crippen LogP contribution in [0.25, 0.3) is 0 Å². The second-order valence-electron chi connectivity index (χ2n) is 3.53. The third-order valence-corrected chi connectivity index (χ3v) is 2.75. The average molecular weight is 242 g/mol. The summed E-state index contributed by atoms with van der Waals surface area (Å²) in [4.78, 5) is 13.5. The second kappa shape index (κ2) is 6.51. The molecule has 0 bridgehead atoms. The molecule has 1 unspecified atom stereocenters. The summed E-state index contributed by atoms with van der Waals surface area (Å²) in [5, 5.41) is -0.622. The van der Waals surface area contributed by atoms with Crippen molar-refractivity contribution in [2.75, 3.05) is 27.3 Å². The van der Waals surface area contributed by atoms with Crippen molar-refractivity contribution in [1.29, 1.82) is 0 Å². The maximum atomic E-state index is 11.9. The van der Waals surface area contributed by atoms with E-state index >= 15 is 0 Å². The van der Waals surface area contributed by atoms with Gasteiger partial charge in [0.1, 0.15) is 5.38 Å². The molecule has 0 fully saturated rings. The van der Waals surface area contributed by atoms with Crippen LogP contribution in [0.2, 0.25) is 0 Å². The van der Waals surface area contributed by atoms with Crippen molar-refractivity contribution in [3.05, 3.63) is 35.9 Å². The Morgan fingerprint density at radius 1 is 1.44 bits per heavy atom. The number of ether oxygens (including phenoxy) is 1. The van der Waals surface area contributed by atoms with E-state index < -0.39 is 5.38 Å². The van der Waals surface area contributed by atoms with Gasteiger partial charge in [0.05, 0.1) is 6.61 Å². The van der Waals surface area contributed by atoms with Gasteiger partial charge in [-0.3, -0.25) is 4.79 Å². The lowest BCUT2D eigenvalue weighted by atomic mass is 10.1. The first-order valence-electron chi connectivity index (χ1n) is 5.09. The summed E-state index contributed by atoms with van der Waals surface area (Å²) in [5.41, 5.74) is 0.818. The van der Waals surface area contributed by atoms with Gasteiger partial charge < -0.3 is 9.64 Å². The number of carbonyl (C=O) groups excluding carboxylic acids is 1. The van der Waals surface area contributed by atoms with Crippen molar-refractivity contribution in [3.63, 3.8) is 0 Å². The first-order chi connectivity index (χ1) is 7.66. The Kier molecular flexibility index (Phi) is 5.29. The van der Waals surface area contributed by atoms with Crippen molar-refractivity contribution >= 4 is 17.5 Å². The van der Waals surface area contributed by atoms with Crippen LogP contribution in [0.5, 0.6) is 0 Å². The fourth-order valence-electron chi connectivity index (χ4n) is 1.30. The minimum absolute atomic E-state index is 0.107. The minimum Gasteiger partial charge on any atom is -0.383 e. The zero-order valence-electron chi connectivity index (χ0n) is 9.52. The van der Waals surface area contributed by atoms with Crippen molar-refractivity contribution in [3.8, 4) is 0 Å². The zero-order chi connectivity index (χ0) is 12.0. The zero-order valence-corrected chi connectivity index (χ0v) is 10.3. The van der Waals surface area contributed by atoms with E-state index in [-0.39, 0.29) is 5.91 Å². The highest BCUT2D eigenvalue weighted by Crippen LogP contribution is 2.21. The van der Waals surface area contributed by atoms with E-state index in [1.54, 1.807) is 19.1 Å². The van der Waals surface area contributed by atoms with Crippen LogP contribution in [-0.4, -0.2) is 38.1 Å². The molecule has 0 heterocycles. The number of alkyl halides is 1. The maximum Gasteiger partial charge on any atom is 0.244 e. The molecule has 0 N–H and O–H groups in total. The highest BCUT2D eigenvalue weighted by Gasteiger charge is 2.20. The molecule has 0 radical (unpaired) electrons. The molecule has 0 aliphatic carbocycles. The molecule has 4 heteroatoms. The Morgan fingerprint density at radius 3 is 2.62 bits per heavy atom. The molecule has 3 nitrogen and oxygen atoms in total. The normalized spacial score (nSPS) is 12.2. The van der Waals surface area contributed by atoms with Crippen LogP contribution < -0.4 is 0 Å². The Labute approximate surface area is 101 Å². The van der Waals surface area contributed by atoms with Gasteiger partial charge in [0.15, 0.2) is 0 Å². The fraction of sp³-hybridized carbons (Fsp3) is 0.417. The summed E-state index contributed by atoms with van der Waals surface area (Å²) >= 11 is 6.10. The lowest BCUT2D eigenvalue weighted by Crippen LogP contribution is -2.32. The third-order valence-electron chi connectivity index (χ3n) is 2.32. The molecule has 0 aliphatic heterocycles. The molecule has 1 aromatic carbocycles. The lowest BCUT2D eigenvalue weighted by Gasteiger charge is -2.19. The van der Waals surface area contributed by atoms with E-state index in [2.05, 4.69) is 0 Å². The van der Waals surface area contributed by atoms with E-state index in [9.17, 15) is 4.79 Å². The van der Waals surface area contributed by atoms with Gasteiger partial charge in [-0.2, -0.15) is 0 Å². The first-order valence-corrected chi connectivity index (χ1v) is 5.53. The summed E-state index contributed by atoms with van der Waals surface area (Å²) in [6.45, 7) is 1.06. The summed E-state index contributed by atoms with van der Waals surface area (Å²) in [6, 6.07) is 9.33. The van der Waals surface area contributed by atoms with Crippen LogP contribution in [0.3, 0.4) is 0 Å². The summed E-state index contributed by atoms with van der Waals surface area (Å²) in [6.07, 6.45) is 0. The standard InChI is InChI=1S/C12H16ClNO2/c1-14(8-9-16-2)12(15)11(13)10-6-4-3-5-7-10/h3-7,11H,8-9H2,1-2H3. The van der Waals surface area contributed by atoms with Gasteiger partial charge in [-0.25, -0.2) is 0 Å². The molecule has 88 valence electrons. The van der Waals surface area contributed by atoms with Crippen molar-refractivity contribution in [1.82, 2.24) is 4.90 Å². The highest BCUT2D eigenvalue weighted by molar-refractivity contribution is 6.30. The number of likely N-dealkylation sites (N-methyl/N-ethyl adjacent to an activating group) is 1. The molecule has 1 rings (SSSR count). The molecule has 1 atom stereocenters. The van der Waals surface area contributed by atoms with Crippen LogP contribution >= 0.6 is 11.6 Å². The Bertz CT molecular complexity index is 329. The van der Waals surface area contributed by atoms with Gasteiger partial charge >= 0.3 is 0 Å². The predicted octanol–water partition coefficient (Wildman–Crippen LogP) is 2.07. The van der Waals surface area contributed by atoms with Gasteiger partial charge in [0, 0.05) is 20.7 Å². The van der Waals surface area contributed by atoms with E-state index in [4.69, 9.17) is 16.3 Å². The predicted molar refractivity (Wildman–Crippen MR) is 64.5 cm³/mol. The Morgan fingerprint density at radius 2 is 2.06 bits per heavy atom. The van der Waals surface area contributed by atoms with Gasteiger partial charge in [-0.05, 0) is 5.56 Å². The molecule has 1 amide bonds. The third kappa shape index (κ3) is 3.51. The second-order valence-corrected chi connectivity index (χ2v) is 3.96. The molecule has 0 saturated heterocycles. The number of amides is 1. The highest BCUT2D eigenvalue weighted by atomic mass is 35.5. The molecular weight excluding hydrogens is 226 g/mol. The van der Waals surface area contributed by atoms with Gasteiger partial charge in [0.2, 0.25) is 5.91 Å². The van der Waals surface area contributed by atoms with Gasteiger partial charge in [-0.15, -0.1) is 11.6 Å². The quantitative estimate of drug-likeness (QED) is 0.739. The lowest BCUT2D eigenvalue weighted by molar-refractivity contribution is -0.130. The van der Waals surface area contributed by atoms with Crippen LogP contribution in [-0.2, 0) is 9.53 Å². The van der Waals surface area contributed by atoms with Gasteiger partial charge in [0.25, 0.3) is 0 Å². The van der Waals surface area contributed by atoms with Crippen molar-refractivity contribution in [2.24, 2.45) is 0 Å². The van der Waals surface area contributed by atoms with Crippen molar-refractivity contribution in [2.45, 2.75) is 5.38 Å². The monoisotopic (exact) mass is 241 g/mol. The first kappa shape index (κ1) is 13.0. The molecule has 1 aromatic rings. The topological polar surface area (TPSA) is 29.5 Å². The number of halogens is 1. The SMILES string of the molecule is COCCN(C)C(=O)C(Cl)c1ccccc1. The number of carbonyl (C=O) groups is 1. The molecule has 0 saturated carbocycles. The maximum absolute atomic E-state index is 11.9. The average Bonchev–Trinajstić information content (AvgIpc) is 2.35. The number of rotatable bonds is 5. The number of nitrogens with zero attached hydrogens (tertiary/aromatic N) is 1. The molecule has 0 aromatic heterocycles. The van der Waals surface area contributed by atoms with Crippen LogP contribution in [0.1, 0.15) is 10.9 Å².